The third kappa shape index (κ3) is 3.87. The molecule has 0 unspecified atom stereocenters. The minimum Gasteiger partial charge on any atom is -0.391 e. The maximum Gasteiger partial charge on any atom is 0.217 e. The Morgan fingerprint density at radius 3 is 2.64 bits per heavy atom. The molecule has 2 N–H and O–H groups in total. The van der Waals surface area contributed by atoms with Gasteiger partial charge in [0.1, 0.15) is 0 Å². The van der Waals surface area contributed by atoms with Gasteiger partial charge in [0.15, 0.2) is 0 Å². The third-order valence-corrected chi connectivity index (χ3v) is 4.56. The molecule has 0 saturated carbocycles. The van der Waals surface area contributed by atoms with Gasteiger partial charge < -0.3 is 10.4 Å². The highest BCUT2D eigenvalue weighted by Gasteiger charge is 2.26. The number of hydrogen-bond acceptors (Lipinski definition) is 4. The van der Waals surface area contributed by atoms with Crippen LogP contribution in [-0.2, 0) is 17.9 Å². The van der Waals surface area contributed by atoms with Crippen LogP contribution in [0.4, 0.5) is 0 Å². The van der Waals surface area contributed by atoms with Gasteiger partial charge in [-0.15, -0.1) is 0 Å². The van der Waals surface area contributed by atoms with Crippen LogP contribution in [0.25, 0.3) is 0 Å². The number of aryl methyl sites for hydroxylation is 2. The van der Waals surface area contributed by atoms with Gasteiger partial charge >= 0.3 is 0 Å². The number of nitrogens with one attached hydrogen (secondary N) is 1. The third-order valence-electron chi connectivity index (χ3n) is 4.56. The Morgan fingerprint density at radius 2 is 2.05 bits per heavy atom. The van der Waals surface area contributed by atoms with Crippen LogP contribution >= 0.6 is 0 Å². The number of nitrogens with zero attached hydrogens (tertiary/aromatic N) is 3. The molecule has 1 aromatic rings. The van der Waals surface area contributed by atoms with E-state index in [0.717, 1.165) is 38.3 Å². The Labute approximate surface area is 132 Å². The maximum atomic E-state index is 11.2. The number of aliphatic hydroxyl groups is 1. The summed E-state index contributed by atoms with van der Waals surface area (Å²) in [5.74, 6) is -0.0755. The smallest absolute Gasteiger partial charge is 0.217 e. The number of aromatic nitrogens is 2. The molecular weight excluding hydrogens is 280 g/mol. The molecule has 0 bridgehead atoms. The van der Waals surface area contributed by atoms with E-state index in [1.807, 2.05) is 4.68 Å². The monoisotopic (exact) mass is 308 g/mol. The fourth-order valence-corrected chi connectivity index (χ4v) is 3.22. The minimum absolute atomic E-state index is 0.0755. The zero-order valence-corrected chi connectivity index (χ0v) is 14.1. The Morgan fingerprint density at radius 1 is 1.36 bits per heavy atom. The van der Waals surface area contributed by atoms with Crippen LogP contribution in [0.1, 0.15) is 43.6 Å². The van der Waals surface area contributed by atoms with E-state index in [4.69, 9.17) is 0 Å². The van der Waals surface area contributed by atoms with Gasteiger partial charge in [-0.3, -0.25) is 14.4 Å². The Kier molecular flexibility index (Phi) is 5.58. The summed E-state index contributed by atoms with van der Waals surface area (Å²) >= 11 is 0. The van der Waals surface area contributed by atoms with Crippen molar-refractivity contribution in [2.45, 2.75) is 65.8 Å². The molecule has 124 valence electrons. The molecule has 22 heavy (non-hydrogen) atoms. The molecule has 1 aliphatic rings. The van der Waals surface area contributed by atoms with Crippen molar-refractivity contribution in [2.24, 2.45) is 0 Å². The van der Waals surface area contributed by atoms with Crippen LogP contribution in [-0.4, -0.2) is 50.9 Å². The van der Waals surface area contributed by atoms with Crippen LogP contribution in [0.15, 0.2) is 0 Å². The summed E-state index contributed by atoms with van der Waals surface area (Å²) in [4.78, 5) is 13.6. The molecule has 1 amide bonds. The highest BCUT2D eigenvalue weighted by atomic mass is 16.3. The van der Waals surface area contributed by atoms with E-state index in [1.165, 1.54) is 18.2 Å². The quantitative estimate of drug-likeness (QED) is 0.870. The van der Waals surface area contributed by atoms with Gasteiger partial charge in [-0.25, -0.2) is 0 Å². The van der Waals surface area contributed by atoms with Crippen molar-refractivity contribution in [2.75, 3.05) is 13.1 Å². The molecule has 6 heteroatoms. The molecule has 1 aliphatic heterocycles. The number of likely N-dealkylation sites (tertiary alicyclic amines) is 1. The molecule has 0 spiro atoms. The van der Waals surface area contributed by atoms with Crippen LogP contribution in [0.2, 0.25) is 0 Å². The van der Waals surface area contributed by atoms with Crippen LogP contribution in [0.5, 0.6) is 0 Å². The minimum atomic E-state index is -0.463. The van der Waals surface area contributed by atoms with Gasteiger partial charge in [0.25, 0.3) is 0 Å². The van der Waals surface area contributed by atoms with Crippen molar-refractivity contribution in [1.29, 1.82) is 0 Å². The molecule has 2 atom stereocenters. The van der Waals surface area contributed by atoms with Gasteiger partial charge in [0.05, 0.1) is 17.8 Å². The fourth-order valence-electron chi connectivity index (χ4n) is 3.22. The molecule has 1 aromatic heterocycles. The van der Waals surface area contributed by atoms with Gasteiger partial charge in [-0.1, -0.05) is 0 Å². The molecule has 1 saturated heterocycles. The van der Waals surface area contributed by atoms with E-state index in [9.17, 15) is 9.90 Å². The van der Waals surface area contributed by atoms with E-state index < -0.39 is 6.10 Å². The second-order valence-electron chi connectivity index (χ2n) is 6.19. The van der Waals surface area contributed by atoms with Crippen LogP contribution < -0.4 is 5.32 Å². The molecule has 1 fully saturated rings. The summed E-state index contributed by atoms with van der Waals surface area (Å²) in [6.07, 6.45) is 1.00. The van der Waals surface area contributed by atoms with Crippen molar-refractivity contribution in [3.8, 4) is 0 Å². The molecule has 2 heterocycles. The van der Waals surface area contributed by atoms with E-state index in [-0.39, 0.29) is 11.9 Å². The first-order valence-electron chi connectivity index (χ1n) is 8.12. The summed E-state index contributed by atoms with van der Waals surface area (Å²) in [6, 6.07) is -0.136. The van der Waals surface area contributed by atoms with Gasteiger partial charge in [-0.2, -0.15) is 5.10 Å². The summed E-state index contributed by atoms with van der Waals surface area (Å²) < 4.78 is 2.04. The van der Waals surface area contributed by atoms with E-state index in [1.54, 1.807) is 0 Å². The van der Waals surface area contributed by atoms with Gasteiger partial charge in [-0.05, 0) is 33.6 Å². The summed E-state index contributed by atoms with van der Waals surface area (Å²) in [5.41, 5.74) is 3.60. The predicted octanol–water partition coefficient (Wildman–Crippen LogP) is 0.981. The fraction of sp³-hybridized carbons (Fsp3) is 0.750. The Bertz CT molecular complexity index is 526. The van der Waals surface area contributed by atoms with Gasteiger partial charge in [0, 0.05) is 44.4 Å². The largest absolute Gasteiger partial charge is 0.391 e. The lowest BCUT2D eigenvalue weighted by Crippen LogP contribution is -2.42. The standard InChI is InChI=1S/C16H28N4O2/c1-5-20-12(3)14(11(2)18-20)10-19-8-6-15(17-13(4)21)16(22)7-9-19/h15-16,22H,5-10H2,1-4H3,(H,17,21)/t15-,16-/m0/s1. The van der Waals surface area contributed by atoms with Crippen LogP contribution in [0.3, 0.4) is 0 Å². The molecule has 0 aromatic carbocycles. The summed E-state index contributed by atoms with van der Waals surface area (Å²) in [5, 5.41) is 17.6. The Hall–Kier alpha value is -1.40. The second-order valence-corrected chi connectivity index (χ2v) is 6.19. The zero-order valence-electron chi connectivity index (χ0n) is 14.1. The van der Waals surface area contributed by atoms with Crippen LogP contribution in [0, 0.1) is 13.8 Å². The highest BCUT2D eigenvalue weighted by molar-refractivity contribution is 5.73. The number of carbonyl (C=O) groups is 1. The maximum absolute atomic E-state index is 11.2. The molecular formula is C16H28N4O2. The van der Waals surface area contributed by atoms with Crippen molar-refractivity contribution in [3.05, 3.63) is 17.0 Å². The molecule has 6 nitrogen and oxygen atoms in total. The summed E-state index contributed by atoms with van der Waals surface area (Å²) in [6.45, 7) is 11.2. The Balaban J connectivity index is 2.03. The van der Waals surface area contributed by atoms with Crippen molar-refractivity contribution in [3.63, 3.8) is 0 Å². The highest BCUT2D eigenvalue weighted by Crippen LogP contribution is 2.19. The zero-order chi connectivity index (χ0) is 16.3. The molecule has 0 radical (unpaired) electrons. The van der Waals surface area contributed by atoms with Gasteiger partial charge in [0.2, 0.25) is 5.91 Å². The van der Waals surface area contributed by atoms with Crippen molar-refractivity contribution < 1.29 is 9.90 Å². The predicted molar refractivity (Wildman–Crippen MR) is 85.5 cm³/mol. The first kappa shape index (κ1) is 17.0. The lowest BCUT2D eigenvalue weighted by molar-refractivity contribution is -0.120. The lowest BCUT2D eigenvalue weighted by Gasteiger charge is -2.21. The number of carbonyl (C=O) groups excluding carboxylic acids is 1. The number of rotatable bonds is 4. The van der Waals surface area contributed by atoms with E-state index >= 15 is 0 Å². The first-order chi connectivity index (χ1) is 10.4. The number of hydrogen-bond donors (Lipinski definition) is 2. The number of amides is 1. The topological polar surface area (TPSA) is 70.4 Å². The second kappa shape index (κ2) is 7.24. The molecule has 0 aliphatic carbocycles. The number of aliphatic hydroxyl groups excluding tert-OH is 1. The van der Waals surface area contributed by atoms with E-state index in [0.29, 0.717) is 6.42 Å². The normalized spacial score (nSPS) is 23.3. The lowest BCUT2D eigenvalue weighted by atomic mass is 10.1. The average Bonchev–Trinajstić information content (AvgIpc) is 2.62. The molecule has 2 rings (SSSR count). The van der Waals surface area contributed by atoms with E-state index in [2.05, 4.69) is 36.1 Å². The van der Waals surface area contributed by atoms with Crippen molar-refractivity contribution >= 4 is 5.91 Å². The summed E-state index contributed by atoms with van der Waals surface area (Å²) in [7, 11) is 0. The SMILES string of the molecule is CCn1nc(C)c(CN2CC[C@H](NC(C)=O)[C@@H](O)CC2)c1C. The average molecular weight is 308 g/mol. The first-order valence-corrected chi connectivity index (χ1v) is 8.12. The van der Waals surface area contributed by atoms with Crippen molar-refractivity contribution in [1.82, 2.24) is 20.0 Å².